The second-order valence-corrected chi connectivity index (χ2v) is 6.80. The molecule has 2 heterocycles. The molecule has 132 valence electrons. The number of carbonyl (C=O) groups is 2. The molecule has 0 spiro atoms. The molecule has 7 nitrogen and oxygen atoms in total. The lowest BCUT2D eigenvalue weighted by Crippen LogP contribution is -2.39. The Morgan fingerprint density at radius 1 is 1.33 bits per heavy atom. The van der Waals surface area contributed by atoms with Gasteiger partial charge in [0.1, 0.15) is 5.69 Å². The minimum atomic E-state index is -0.856. The van der Waals surface area contributed by atoms with Crippen molar-refractivity contribution in [2.75, 3.05) is 19.8 Å². The number of ether oxygens (including phenoxy) is 1. The van der Waals surface area contributed by atoms with Gasteiger partial charge >= 0.3 is 5.97 Å². The Labute approximate surface area is 141 Å². The maximum absolute atomic E-state index is 12.4. The summed E-state index contributed by atoms with van der Waals surface area (Å²) in [5.74, 6) is -1.02. The Bertz CT molecular complexity index is 576. The lowest BCUT2D eigenvalue weighted by Gasteiger charge is -2.28. The summed E-state index contributed by atoms with van der Waals surface area (Å²) in [5, 5.41) is 16.5. The average molecular weight is 335 g/mol. The van der Waals surface area contributed by atoms with Crippen molar-refractivity contribution in [3.8, 4) is 0 Å². The van der Waals surface area contributed by atoms with E-state index < -0.39 is 11.9 Å². The van der Waals surface area contributed by atoms with Crippen molar-refractivity contribution in [3.63, 3.8) is 0 Å². The minimum Gasteiger partial charge on any atom is -0.481 e. The van der Waals surface area contributed by atoms with Crippen molar-refractivity contribution >= 4 is 11.9 Å². The predicted octanol–water partition coefficient (Wildman–Crippen LogP) is 1.54. The summed E-state index contributed by atoms with van der Waals surface area (Å²) < 4.78 is 7.03. The van der Waals surface area contributed by atoms with E-state index in [4.69, 9.17) is 4.74 Å². The molecule has 1 saturated carbocycles. The van der Waals surface area contributed by atoms with Crippen LogP contribution >= 0.6 is 0 Å². The largest absolute Gasteiger partial charge is 0.481 e. The zero-order valence-electron chi connectivity index (χ0n) is 13.8. The van der Waals surface area contributed by atoms with Crippen LogP contribution in [-0.2, 0) is 16.1 Å². The fourth-order valence-electron chi connectivity index (χ4n) is 3.46. The van der Waals surface area contributed by atoms with E-state index in [1.54, 1.807) is 16.9 Å². The van der Waals surface area contributed by atoms with Gasteiger partial charge in [-0.3, -0.25) is 14.3 Å². The summed E-state index contributed by atoms with van der Waals surface area (Å²) in [7, 11) is 0. The van der Waals surface area contributed by atoms with E-state index in [0.29, 0.717) is 24.8 Å². The maximum atomic E-state index is 12.4. The Kier molecular flexibility index (Phi) is 5.50. The molecule has 1 aliphatic heterocycles. The molecule has 1 aromatic heterocycles. The van der Waals surface area contributed by atoms with Crippen molar-refractivity contribution in [2.45, 2.75) is 38.6 Å². The third-order valence-electron chi connectivity index (χ3n) is 5.24. The summed E-state index contributed by atoms with van der Waals surface area (Å²) in [6, 6.07) is 1.69. The number of rotatable bonds is 7. The first-order valence-electron chi connectivity index (χ1n) is 8.75. The molecule has 1 unspecified atom stereocenters. The first-order chi connectivity index (χ1) is 11.6. The topological polar surface area (TPSA) is 93.5 Å². The molecule has 0 aromatic carbocycles. The number of carboxylic acids is 1. The molecule has 1 aromatic rings. The highest BCUT2D eigenvalue weighted by Crippen LogP contribution is 2.28. The lowest BCUT2D eigenvalue weighted by molar-refractivity contribution is -0.144. The minimum absolute atomic E-state index is 0.0523. The smallest absolute Gasteiger partial charge is 0.308 e. The summed E-state index contributed by atoms with van der Waals surface area (Å²) in [4.78, 5) is 24.0. The zero-order chi connectivity index (χ0) is 16.9. The Morgan fingerprint density at radius 3 is 2.71 bits per heavy atom. The van der Waals surface area contributed by atoms with Gasteiger partial charge < -0.3 is 15.2 Å². The number of aliphatic carboxylic acids is 1. The summed E-state index contributed by atoms with van der Waals surface area (Å²) in [6.07, 6.45) is 6.70. The molecule has 1 saturated heterocycles. The molecule has 3 rings (SSSR count). The van der Waals surface area contributed by atoms with Crippen LogP contribution in [0.5, 0.6) is 0 Å². The Balaban J connectivity index is 1.57. The first-order valence-corrected chi connectivity index (χ1v) is 8.75. The SMILES string of the molecule is O=C(NCC(C(=O)O)C1CCOCC1)c1ccnn1CC1CCC1. The van der Waals surface area contributed by atoms with E-state index in [0.717, 1.165) is 19.4 Å². The van der Waals surface area contributed by atoms with Gasteiger partial charge in [-0.2, -0.15) is 5.10 Å². The number of carbonyl (C=O) groups excluding carboxylic acids is 1. The number of carboxylic acid groups (broad SMARTS) is 1. The van der Waals surface area contributed by atoms with Crippen molar-refractivity contribution in [1.82, 2.24) is 15.1 Å². The number of hydrogen-bond acceptors (Lipinski definition) is 4. The molecule has 1 aliphatic carbocycles. The molecule has 1 atom stereocenters. The van der Waals surface area contributed by atoms with Crippen molar-refractivity contribution in [1.29, 1.82) is 0 Å². The molecule has 24 heavy (non-hydrogen) atoms. The van der Waals surface area contributed by atoms with Gasteiger partial charge in [0.25, 0.3) is 5.91 Å². The van der Waals surface area contributed by atoms with Gasteiger partial charge in [-0.15, -0.1) is 0 Å². The molecule has 1 amide bonds. The molecule has 2 N–H and O–H groups in total. The molecular weight excluding hydrogens is 310 g/mol. The van der Waals surface area contributed by atoms with Crippen molar-refractivity contribution < 1.29 is 19.4 Å². The highest BCUT2D eigenvalue weighted by Gasteiger charge is 2.30. The van der Waals surface area contributed by atoms with Gasteiger partial charge in [0.05, 0.1) is 5.92 Å². The standard InChI is InChI=1S/C17H25N3O4/c21-16(15-4-7-19-20(15)11-12-2-1-3-12)18-10-14(17(22)23)13-5-8-24-9-6-13/h4,7,12-14H,1-3,5-6,8-11H2,(H,18,21)(H,22,23). The molecule has 0 bridgehead atoms. The van der Waals surface area contributed by atoms with E-state index in [9.17, 15) is 14.7 Å². The molecule has 2 fully saturated rings. The highest BCUT2D eigenvalue weighted by molar-refractivity contribution is 5.92. The second-order valence-electron chi connectivity index (χ2n) is 6.80. The Hall–Kier alpha value is -1.89. The van der Waals surface area contributed by atoms with E-state index >= 15 is 0 Å². The number of aromatic nitrogens is 2. The van der Waals surface area contributed by atoms with Crippen molar-refractivity contribution in [2.24, 2.45) is 17.8 Å². The zero-order valence-corrected chi connectivity index (χ0v) is 13.8. The molecule has 2 aliphatic rings. The monoisotopic (exact) mass is 335 g/mol. The van der Waals surface area contributed by atoms with Crippen LogP contribution in [0.2, 0.25) is 0 Å². The first kappa shape index (κ1) is 17.0. The van der Waals surface area contributed by atoms with Crippen LogP contribution in [-0.4, -0.2) is 46.5 Å². The van der Waals surface area contributed by atoms with Crippen LogP contribution < -0.4 is 5.32 Å². The molecular formula is C17H25N3O4. The van der Waals surface area contributed by atoms with Crippen LogP contribution in [0.15, 0.2) is 12.3 Å². The van der Waals surface area contributed by atoms with E-state index in [1.807, 2.05) is 0 Å². The van der Waals surface area contributed by atoms with Gasteiger partial charge in [0.15, 0.2) is 0 Å². The van der Waals surface area contributed by atoms with E-state index in [2.05, 4.69) is 10.4 Å². The number of amides is 1. The number of nitrogens with zero attached hydrogens (tertiary/aromatic N) is 2. The third kappa shape index (κ3) is 3.95. The predicted molar refractivity (Wildman–Crippen MR) is 86.6 cm³/mol. The van der Waals surface area contributed by atoms with Gasteiger partial charge in [-0.1, -0.05) is 6.42 Å². The van der Waals surface area contributed by atoms with Gasteiger partial charge in [0, 0.05) is 32.5 Å². The van der Waals surface area contributed by atoms with Crippen LogP contribution in [0.4, 0.5) is 0 Å². The molecule has 7 heteroatoms. The lowest BCUT2D eigenvalue weighted by atomic mass is 9.85. The third-order valence-corrected chi connectivity index (χ3v) is 5.24. The van der Waals surface area contributed by atoms with E-state index in [1.165, 1.54) is 19.3 Å². The van der Waals surface area contributed by atoms with Gasteiger partial charge in [-0.25, -0.2) is 0 Å². The second kappa shape index (κ2) is 7.79. The van der Waals surface area contributed by atoms with Crippen LogP contribution in [0.1, 0.15) is 42.6 Å². The van der Waals surface area contributed by atoms with Crippen LogP contribution in [0.3, 0.4) is 0 Å². The number of hydrogen-bond donors (Lipinski definition) is 2. The number of nitrogens with one attached hydrogen (secondary N) is 1. The van der Waals surface area contributed by atoms with Crippen LogP contribution in [0.25, 0.3) is 0 Å². The maximum Gasteiger partial charge on any atom is 0.308 e. The quantitative estimate of drug-likeness (QED) is 0.788. The van der Waals surface area contributed by atoms with Crippen LogP contribution in [0, 0.1) is 17.8 Å². The Morgan fingerprint density at radius 2 is 2.08 bits per heavy atom. The van der Waals surface area contributed by atoms with Gasteiger partial charge in [-0.05, 0) is 43.6 Å². The summed E-state index contributed by atoms with van der Waals surface area (Å²) in [6.45, 7) is 2.10. The van der Waals surface area contributed by atoms with Crippen molar-refractivity contribution in [3.05, 3.63) is 18.0 Å². The summed E-state index contributed by atoms with van der Waals surface area (Å²) in [5.41, 5.74) is 0.512. The highest BCUT2D eigenvalue weighted by atomic mass is 16.5. The normalized spacial score (nSPS) is 20.3. The molecule has 0 radical (unpaired) electrons. The fraction of sp³-hybridized carbons (Fsp3) is 0.706. The fourth-order valence-corrected chi connectivity index (χ4v) is 3.46. The van der Waals surface area contributed by atoms with Gasteiger partial charge in [0.2, 0.25) is 0 Å². The summed E-state index contributed by atoms with van der Waals surface area (Å²) >= 11 is 0. The van der Waals surface area contributed by atoms with E-state index in [-0.39, 0.29) is 18.4 Å². The average Bonchev–Trinajstić information content (AvgIpc) is 3.00.